The quantitative estimate of drug-likeness (QED) is 0.516. The maximum atomic E-state index is 12.6. The molecule has 0 fully saturated rings. The number of rotatable bonds is 5. The van der Waals surface area contributed by atoms with E-state index >= 15 is 0 Å². The van der Waals surface area contributed by atoms with E-state index in [1.165, 1.54) is 6.07 Å². The van der Waals surface area contributed by atoms with E-state index in [1.54, 1.807) is 30.3 Å². The Labute approximate surface area is 166 Å². The van der Waals surface area contributed by atoms with Crippen LogP contribution in [0.2, 0.25) is 0 Å². The first-order chi connectivity index (χ1) is 14.0. The lowest BCUT2D eigenvalue weighted by atomic mass is 9.99. The second kappa shape index (κ2) is 7.56. The third-order valence-corrected chi connectivity index (χ3v) is 4.96. The van der Waals surface area contributed by atoms with E-state index in [-0.39, 0.29) is 16.9 Å². The molecule has 0 spiro atoms. The van der Waals surface area contributed by atoms with Gasteiger partial charge in [0.1, 0.15) is 16.9 Å². The first kappa shape index (κ1) is 19.0. The van der Waals surface area contributed by atoms with Crippen molar-refractivity contribution in [2.45, 2.75) is 19.9 Å². The molecule has 148 valence electrons. The Morgan fingerprint density at radius 1 is 1.00 bits per heavy atom. The van der Waals surface area contributed by atoms with Crippen LogP contribution in [0.3, 0.4) is 0 Å². The summed E-state index contributed by atoms with van der Waals surface area (Å²) in [5, 5.41) is 11.7. The zero-order valence-electron chi connectivity index (χ0n) is 16.3. The average molecular weight is 391 g/mol. The fraction of sp³-hybridized carbons (Fsp3) is 0.217. The van der Waals surface area contributed by atoms with E-state index in [4.69, 9.17) is 8.83 Å². The average Bonchev–Trinajstić information content (AvgIpc) is 2.69. The molecule has 0 atom stereocenters. The molecule has 0 unspecified atom stereocenters. The number of para-hydroxylation sites is 1. The fourth-order valence-corrected chi connectivity index (χ4v) is 3.63. The Morgan fingerprint density at radius 2 is 1.79 bits per heavy atom. The summed E-state index contributed by atoms with van der Waals surface area (Å²) in [4.78, 5) is 27.0. The number of phenols is 1. The highest BCUT2D eigenvalue weighted by atomic mass is 16.4. The van der Waals surface area contributed by atoms with Crippen LogP contribution in [-0.2, 0) is 6.54 Å². The van der Waals surface area contributed by atoms with Gasteiger partial charge in [-0.25, -0.2) is 9.59 Å². The zero-order chi connectivity index (χ0) is 20.5. The molecule has 2 heterocycles. The van der Waals surface area contributed by atoms with Crippen molar-refractivity contribution in [3.05, 3.63) is 74.9 Å². The monoisotopic (exact) mass is 391 g/mol. The molecule has 0 saturated carbocycles. The van der Waals surface area contributed by atoms with Gasteiger partial charge in [0.25, 0.3) is 0 Å². The maximum Gasteiger partial charge on any atom is 0.344 e. The molecule has 0 radical (unpaired) electrons. The van der Waals surface area contributed by atoms with Gasteiger partial charge in [-0.2, -0.15) is 0 Å². The molecule has 29 heavy (non-hydrogen) atoms. The molecular weight excluding hydrogens is 370 g/mol. The Hall–Kier alpha value is -3.38. The molecule has 4 rings (SSSR count). The molecule has 0 bridgehead atoms. The van der Waals surface area contributed by atoms with E-state index in [0.29, 0.717) is 28.6 Å². The van der Waals surface area contributed by atoms with Crippen LogP contribution in [0.25, 0.3) is 33.1 Å². The zero-order valence-corrected chi connectivity index (χ0v) is 16.3. The molecule has 1 N–H and O–H groups in total. The topological polar surface area (TPSA) is 83.9 Å². The van der Waals surface area contributed by atoms with E-state index in [0.717, 1.165) is 18.4 Å². The summed E-state index contributed by atoms with van der Waals surface area (Å²) < 4.78 is 10.9. The van der Waals surface area contributed by atoms with Gasteiger partial charge in [-0.1, -0.05) is 25.1 Å². The molecular formula is C23H21NO5. The predicted octanol–water partition coefficient (Wildman–Crippen LogP) is 4.11. The molecule has 0 aliphatic rings. The minimum atomic E-state index is -0.593. The van der Waals surface area contributed by atoms with E-state index in [9.17, 15) is 14.7 Å². The minimum absolute atomic E-state index is 0.0475. The summed E-state index contributed by atoms with van der Waals surface area (Å²) in [5.74, 6) is 0.0475. The number of nitrogens with zero attached hydrogens (tertiary/aromatic N) is 1. The number of hydrogen-bond acceptors (Lipinski definition) is 6. The van der Waals surface area contributed by atoms with Gasteiger partial charge >= 0.3 is 11.3 Å². The molecule has 4 aromatic rings. The van der Waals surface area contributed by atoms with Crippen LogP contribution in [0.15, 0.2) is 67.0 Å². The normalized spacial score (nSPS) is 11.6. The van der Waals surface area contributed by atoms with Crippen LogP contribution < -0.4 is 11.3 Å². The number of aromatic hydroxyl groups is 1. The second-order valence-electron chi connectivity index (χ2n) is 7.14. The van der Waals surface area contributed by atoms with Gasteiger partial charge in [0.05, 0.1) is 11.1 Å². The van der Waals surface area contributed by atoms with Crippen molar-refractivity contribution >= 4 is 21.9 Å². The summed E-state index contributed by atoms with van der Waals surface area (Å²) in [5.41, 5.74) is 0.854. The SMILES string of the molecule is CCCN(C)Cc1c(O)ccc2c(-c3cc4ccccc4oc3=O)cc(=O)oc12. The second-order valence-corrected chi connectivity index (χ2v) is 7.14. The first-order valence-electron chi connectivity index (χ1n) is 9.48. The van der Waals surface area contributed by atoms with Gasteiger partial charge in [0.15, 0.2) is 0 Å². The number of fused-ring (bicyclic) bond motifs is 2. The standard InChI is InChI=1S/C23H21NO5/c1-3-10-24(2)13-18-19(25)9-8-15-16(12-21(26)29-22(15)18)17-11-14-6-4-5-7-20(14)28-23(17)27/h4-9,11-12,25H,3,10,13H2,1-2H3. The summed E-state index contributed by atoms with van der Waals surface area (Å²) in [6, 6.07) is 13.4. The summed E-state index contributed by atoms with van der Waals surface area (Å²) in [7, 11) is 1.93. The van der Waals surface area contributed by atoms with Crippen LogP contribution in [0, 0.1) is 0 Å². The summed E-state index contributed by atoms with van der Waals surface area (Å²) in [6.07, 6.45) is 0.954. The lowest BCUT2D eigenvalue weighted by Gasteiger charge is -2.17. The van der Waals surface area contributed by atoms with E-state index < -0.39 is 11.3 Å². The van der Waals surface area contributed by atoms with Crippen LogP contribution in [0.4, 0.5) is 0 Å². The smallest absolute Gasteiger partial charge is 0.344 e. The summed E-state index contributed by atoms with van der Waals surface area (Å²) in [6.45, 7) is 3.31. The largest absolute Gasteiger partial charge is 0.507 e. The molecule has 6 heteroatoms. The highest BCUT2D eigenvalue weighted by Crippen LogP contribution is 2.33. The molecule has 6 nitrogen and oxygen atoms in total. The fourth-order valence-electron chi connectivity index (χ4n) is 3.63. The molecule has 2 aromatic heterocycles. The summed E-state index contributed by atoms with van der Waals surface area (Å²) >= 11 is 0. The molecule has 2 aromatic carbocycles. The first-order valence-corrected chi connectivity index (χ1v) is 9.48. The van der Waals surface area contributed by atoms with Gasteiger partial charge in [-0.15, -0.1) is 0 Å². The Bertz CT molecular complexity index is 1320. The molecule has 0 aliphatic carbocycles. The number of benzene rings is 2. The van der Waals surface area contributed by atoms with Gasteiger partial charge in [-0.3, -0.25) is 0 Å². The predicted molar refractivity (Wildman–Crippen MR) is 112 cm³/mol. The van der Waals surface area contributed by atoms with Crippen molar-refractivity contribution < 1.29 is 13.9 Å². The highest BCUT2D eigenvalue weighted by Gasteiger charge is 2.18. The number of hydrogen-bond donors (Lipinski definition) is 1. The van der Waals surface area contributed by atoms with Crippen LogP contribution in [0.5, 0.6) is 5.75 Å². The van der Waals surface area contributed by atoms with Crippen molar-refractivity contribution in [3.63, 3.8) is 0 Å². The Balaban J connectivity index is 1.98. The highest BCUT2D eigenvalue weighted by molar-refractivity contribution is 5.97. The van der Waals surface area contributed by atoms with Crippen LogP contribution in [0.1, 0.15) is 18.9 Å². The van der Waals surface area contributed by atoms with Gasteiger partial charge in [0.2, 0.25) is 0 Å². The van der Waals surface area contributed by atoms with Gasteiger partial charge in [-0.05, 0) is 44.3 Å². The lowest BCUT2D eigenvalue weighted by Crippen LogP contribution is -2.19. The van der Waals surface area contributed by atoms with Crippen molar-refractivity contribution in [2.75, 3.05) is 13.6 Å². The van der Waals surface area contributed by atoms with Crippen LogP contribution >= 0.6 is 0 Å². The van der Waals surface area contributed by atoms with Crippen molar-refractivity contribution in [1.82, 2.24) is 4.90 Å². The van der Waals surface area contributed by atoms with Gasteiger partial charge in [0, 0.05) is 28.9 Å². The Morgan fingerprint density at radius 3 is 2.59 bits per heavy atom. The van der Waals surface area contributed by atoms with Crippen molar-refractivity contribution in [2.24, 2.45) is 0 Å². The van der Waals surface area contributed by atoms with E-state index in [1.807, 2.05) is 24.1 Å². The third kappa shape index (κ3) is 3.54. The number of phenolic OH excluding ortho intramolecular Hbond substituents is 1. The van der Waals surface area contributed by atoms with Crippen molar-refractivity contribution in [3.8, 4) is 16.9 Å². The Kier molecular flexibility index (Phi) is 4.94. The third-order valence-electron chi connectivity index (χ3n) is 4.96. The molecule has 0 amide bonds. The van der Waals surface area contributed by atoms with Crippen LogP contribution in [-0.4, -0.2) is 23.6 Å². The molecule has 0 saturated heterocycles. The molecule has 0 aliphatic heterocycles. The maximum absolute atomic E-state index is 12.6. The minimum Gasteiger partial charge on any atom is -0.507 e. The van der Waals surface area contributed by atoms with E-state index in [2.05, 4.69) is 6.92 Å². The van der Waals surface area contributed by atoms with Gasteiger partial charge < -0.3 is 18.8 Å². The van der Waals surface area contributed by atoms with Crippen molar-refractivity contribution in [1.29, 1.82) is 0 Å². The lowest BCUT2D eigenvalue weighted by molar-refractivity contribution is 0.320.